The van der Waals surface area contributed by atoms with E-state index in [0.717, 1.165) is 5.56 Å². The first-order valence-electron chi connectivity index (χ1n) is 8.00. The number of nitrogens with one attached hydrogen (secondary N) is 1. The average Bonchev–Trinajstić information content (AvgIpc) is 3.12. The van der Waals surface area contributed by atoms with Gasteiger partial charge < -0.3 is 14.7 Å². The van der Waals surface area contributed by atoms with Crippen molar-refractivity contribution in [3.05, 3.63) is 46.6 Å². The van der Waals surface area contributed by atoms with Crippen LogP contribution in [0.4, 0.5) is 0 Å². The molecule has 1 amide bonds. The van der Waals surface area contributed by atoms with Crippen LogP contribution in [0.15, 0.2) is 28.8 Å². The standard InChI is InChI=1S/C17H21ClN4O2/c1-10(19-2)7-14-20-17(24-21-14)13-9-15(23)22(3)16(13)11-5-4-6-12(18)8-11/h4-6,8,10,13,16,19H,7,9H2,1-3H3. The Morgan fingerprint density at radius 3 is 3.00 bits per heavy atom. The van der Waals surface area contributed by atoms with Gasteiger partial charge in [-0.15, -0.1) is 0 Å². The van der Waals surface area contributed by atoms with Gasteiger partial charge in [-0.05, 0) is 31.7 Å². The Balaban J connectivity index is 1.89. The van der Waals surface area contributed by atoms with Gasteiger partial charge in [-0.3, -0.25) is 4.79 Å². The van der Waals surface area contributed by atoms with E-state index in [1.807, 2.05) is 31.3 Å². The van der Waals surface area contributed by atoms with Gasteiger partial charge in [0.2, 0.25) is 11.8 Å². The molecule has 2 aromatic rings. The molecule has 7 heteroatoms. The minimum atomic E-state index is -0.160. The van der Waals surface area contributed by atoms with E-state index in [2.05, 4.69) is 22.4 Å². The number of carbonyl (C=O) groups is 1. The topological polar surface area (TPSA) is 71.3 Å². The largest absolute Gasteiger partial charge is 0.339 e. The quantitative estimate of drug-likeness (QED) is 0.899. The number of likely N-dealkylation sites (tertiary alicyclic amines) is 1. The number of benzene rings is 1. The molecule has 1 aliphatic heterocycles. The third-order valence-electron chi connectivity index (χ3n) is 4.56. The second-order valence-electron chi connectivity index (χ2n) is 6.26. The molecule has 0 saturated carbocycles. The number of rotatable bonds is 5. The van der Waals surface area contributed by atoms with Crippen LogP contribution in [0, 0.1) is 0 Å². The van der Waals surface area contributed by atoms with Crippen molar-refractivity contribution in [2.45, 2.75) is 37.8 Å². The maximum Gasteiger partial charge on any atom is 0.232 e. The molecular formula is C17H21ClN4O2. The fourth-order valence-electron chi connectivity index (χ4n) is 3.11. The van der Waals surface area contributed by atoms with Gasteiger partial charge in [0.15, 0.2) is 5.82 Å². The number of hydrogen-bond donors (Lipinski definition) is 1. The van der Waals surface area contributed by atoms with Crippen LogP contribution >= 0.6 is 11.6 Å². The summed E-state index contributed by atoms with van der Waals surface area (Å²) in [6.07, 6.45) is 1.04. The zero-order chi connectivity index (χ0) is 17.3. The van der Waals surface area contributed by atoms with Crippen LogP contribution in [0.2, 0.25) is 5.02 Å². The van der Waals surface area contributed by atoms with Gasteiger partial charge in [-0.1, -0.05) is 28.9 Å². The minimum absolute atomic E-state index is 0.0633. The first kappa shape index (κ1) is 16.9. The van der Waals surface area contributed by atoms with Crippen molar-refractivity contribution >= 4 is 17.5 Å². The number of carbonyl (C=O) groups excluding carboxylic acids is 1. The second-order valence-corrected chi connectivity index (χ2v) is 6.69. The third kappa shape index (κ3) is 3.30. The molecule has 6 nitrogen and oxygen atoms in total. The summed E-state index contributed by atoms with van der Waals surface area (Å²) in [6, 6.07) is 7.67. The fraction of sp³-hybridized carbons (Fsp3) is 0.471. The smallest absolute Gasteiger partial charge is 0.232 e. The molecule has 3 atom stereocenters. The Labute approximate surface area is 146 Å². The van der Waals surface area contributed by atoms with Crippen molar-refractivity contribution in [3.8, 4) is 0 Å². The normalized spacial score (nSPS) is 22.2. The zero-order valence-corrected chi connectivity index (χ0v) is 14.7. The fourth-order valence-corrected chi connectivity index (χ4v) is 3.31. The molecular weight excluding hydrogens is 328 g/mol. The lowest BCUT2D eigenvalue weighted by Gasteiger charge is -2.23. The second kappa shape index (κ2) is 6.91. The molecule has 0 aliphatic carbocycles. The van der Waals surface area contributed by atoms with Crippen molar-refractivity contribution in [2.24, 2.45) is 0 Å². The lowest BCUT2D eigenvalue weighted by molar-refractivity contribution is -0.127. The van der Waals surface area contributed by atoms with Crippen LogP contribution in [-0.2, 0) is 11.2 Å². The molecule has 1 fully saturated rings. The summed E-state index contributed by atoms with van der Waals surface area (Å²) in [4.78, 5) is 18.5. The molecule has 3 rings (SSSR count). The predicted octanol–water partition coefficient (Wildman–Crippen LogP) is 2.56. The Morgan fingerprint density at radius 1 is 1.50 bits per heavy atom. The summed E-state index contributed by atoms with van der Waals surface area (Å²) in [5.74, 6) is 1.06. The van der Waals surface area contributed by atoms with E-state index >= 15 is 0 Å². The van der Waals surface area contributed by atoms with Gasteiger partial charge in [0.25, 0.3) is 0 Å². The van der Waals surface area contributed by atoms with Gasteiger partial charge in [0.1, 0.15) is 0 Å². The van der Waals surface area contributed by atoms with E-state index in [-0.39, 0.29) is 23.9 Å². The van der Waals surface area contributed by atoms with Gasteiger partial charge in [0, 0.05) is 31.0 Å². The van der Waals surface area contributed by atoms with E-state index < -0.39 is 0 Å². The van der Waals surface area contributed by atoms with Crippen molar-refractivity contribution in [3.63, 3.8) is 0 Å². The highest BCUT2D eigenvalue weighted by Crippen LogP contribution is 2.43. The van der Waals surface area contributed by atoms with Crippen molar-refractivity contribution in [1.82, 2.24) is 20.4 Å². The molecule has 0 radical (unpaired) electrons. The molecule has 0 spiro atoms. The molecule has 128 valence electrons. The van der Waals surface area contributed by atoms with Gasteiger partial charge in [0.05, 0.1) is 12.0 Å². The Hall–Kier alpha value is -1.92. The summed E-state index contributed by atoms with van der Waals surface area (Å²) in [6.45, 7) is 2.05. The highest BCUT2D eigenvalue weighted by Gasteiger charge is 2.42. The molecule has 1 aliphatic rings. The third-order valence-corrected chi connectivity index (χ3v) is 4.79. The highest BCUT2D eigenvalue weighted by molar-refractivity contribution is 6.30. The van der Waals surface area contributed by atoms with Crippen LogP contribution < -0.4 is 5.32 Å². The van der Waals surface area contributed by atoms with E-state index in [0.29, 0.717) is 29.6 Å². The summed E-state index contributed by atoms with van der Waals surface area (Å²) in [5.41, 5.74) is 0.976. The van der Waals surface area contributed by atoms with E-state index in [4.69, 9.17) is 16.1 Å². The van der Waals surface area contributed by atoms with Gasteiger partial charge in [-0.25, -0.2) is 0 Å². The molecule has 1 aromatic heterocycles. The lowest BCUT2D eigenvalue weighted by atomic mass is 9.93. The predicted molar refractivity (Wildman–Crippen MR) is 90.8 cm³/mol. The lowest BCUT2D eigenvalue weighted by Crippen LogP contribution is -2.24. The van der Waals surface area contributed by atoms with Gasteiger partial charge >= 0.3 is 0 Å². The minimum Gasteiger partial charge on any atom is -0.339 e. The SMILES string of the molecule is CNC(C)Cc1noc(C2CC(=O)N(C)C2c2cccc(Cl)c2)n1. The first-order valence-corrected chi connectivity index (χ1v) is 8.38. The highest BCUT2D eigenvalue weighted by atomic mass is 35.5. The van der Waals surface area contributed by atoms with Crippen LogP contribution in [0.1, 0.15) is 42.6 Å². The first-order chi connectivity index (χ1) is 11.5. The van der Waals surface area contributed by atoms with Crippen molar-refractivity contribution in [1.29, 1.82) is 0 Å². The molecule has 1 N–H and O–H groups in total. The molecule has 0 bridgehead atoms. The zero-order valence-electron chi connectivity index (χ0n) is 14.0. The summed E-state index contributed by atoms with van der Waals surface area (Å²) >= 11 is 6.12. The number of aromatic nitrogens is 2. The maximum atomic E-state index is 12.3. The average molecular weight is 349 g/mol. The maximum absolute atomic E-state index is 12.3. The van der Waals surface area contributed by atoms with E-state index in [1.165, 1.54) is 0 Å². The van der Waals surface area contributed by atoms with Crippen LogP contribution in [0.25, 0.3) is 0 Å². The number of likely N-dealkylation sites (N-methyl/N-ethyl adjacent to an activating group) is 2. The van der Waals surface area contributed by atoms with Crippen LogP contribution in [-0.4, -0.2) is 41.1 Å². The number of nitrogens with zero attached hydrogens (tertiary/aromatic N) is 3. The van der Waals surface area contributed by atoms with Crippen molar-refractivity contribution < 1.29 is 9.32 Å². The monoisotopic (exact) mass is 348 g/mol. The van der Waals surface area contributed by atoms with Crippen molar-refractivity contribution in [2.75, 3.05) is 14.1 Å². The Kier molecular flexibility index (Phi) is 4.87. The number of amides is 1. The molecule has 24 heavy (non-hydrogen) atoms. The Bertz CT molecular complexity index is 733. The van der Waals surface area contributed by atoms with E-state index in [9.17, 15) is 4.79 Å². The summed E-state index contributed by atoms with van der Waals surface area (Å²) in [7, 11) is 3.69. The van der Waals surface area contributed by atoms with Crippen LogP contribution in [0.3, 0.4) is 0 Å². The number of hydrogen-bond acceptors (Lipinski definition) is 5. The molecule has 2 heterocycles. The number of halogens is 1. The summed E-state index contributed by atoms with van der Waals surface area (Å²) < 4.78 is 5.47. The molecule has 1 aromatic carbocycles. The van der Waals surface area contributed by atoms with Crippen LogP contribution in [0.5, 0.6) is 0 Å². The summed E-state index contributed by atoms with van der Waals surface area (Å²) in [5, 5.41) is 7.86. The molecule has 1 saturated heterocycles. The van der Waals surface area contributed by atoms with E-state index in [1.54, 1.807) is 11.9 Å². The molecule has 3 unspecified atom stereocenters. The van der Waals surface area contributed by atoms with Gasteiger partial charge in [-0.2, -0.15) is 4.98 Å². The Morgan fingerprint density at radius 2 is 2.29 bits per heavy atom.